The van der Waals surface area contributed by atoms with Crippen LogP contribution in [0.3, 0.4) is 0 Å². The van der Waals surface area contributed by atoms with Crippen molar-refractivity contribution in [3.8, 4) is 0 Å². The van der Waals surface area contributed by atoms with Crippen molar-refractivity contribution in [1.29, 1.82) is 0 Å². The molecule has 0 radical (unpaired) electrons. The van der Waals surface area contributed by atoms with Crippen LogP contribution in [0.25, 0.3) is 22.1 Å². The van der Waals surface area contributed by atoms with E-state index in [0.29, 0.717) is 51.9 Å². The van der Waals surface area contributed by atoms with E-state index in [9.17, 15) is 24.9 Å². The summed E-state index contributed by atoms with van der Waals surface area (Å²) >= 11 is 0. The first kappa shape index (κ1) is 33.7. The van der Waals surface area contributed by atoms with Crippen molar-refractivity contribution >= 4 is 45.4 Å². The largest absolute Gasteiger partial charge is 0.481 e. The number of aliphatic carboxylic acids is 1. The number of rotatable bonds is 19. The number of nitrogens with zero attached hydrogens (tertiary/aromatic N) is 5. The fourth-order valence-electron chi connectivity index (χ4n) is 5.63. The molecule has 244 valence electrons. The van der Waals surface area contributed by atoms with Gasteiger partial charge >= 0.3 is 11.9 Å². The van der Waals surface area contributed by atoms with Gasteiger partial charge in [-0.2, -0.15) is 0 Å². The number of imidazole rings is 2. The molecular formula is C32H45N6O7+. The first-order chi connectivity index (χ1) is 21.7. The number of aryl methyl sites for hydroxylation is 4. The summed E-state index contributed by atoms with van der Waals surface area (Å²) < 4.78 is 9.57. The van der Waals surface area contributed by atoms with Gasteiger partial charge in [-0.1, -0.05) is 0 Å². The summed E-state index contributed by atoms with van der Waals surface area (Å²) in [6, 6.07) is 11.8. The number of hydrogen-bond acceptors (Lipinski definition) is 9. The minimum atomic E-state index is -0.822. The normalized spacial score (nSPS) is 11.4. The van der Waals surface area contributed by atoms with Gasteiger partial charge in [-0.15, -0.1) is 0 Å². The summed E-state index contributed by atoms with van der Waals surface area (Å²) in [7, 11) is 3.89. The number of esters is 1. The maximum atomic E-state index is 12.5. The molecule has 0 amide bonds. The highest BCUT2D eigenvalue weighted by atomic mass is 16.5. The van der Waals surface area contributed by atoms with E-state index >= 15 is 0 Å². The molecule has 5 N–H and O–H groups in total. The van der Waals surface area contributed by atoms with Gasteiger partial charge in [0.25, 0.3) is 5.82 Å². The third-order valence-corrected chi connectivity index (χ3v) is 8.03. The van der Waals surface area contributed by atoms with E-state index in [1.54, 1.807) is 0 Å². The van der Waals surface area contributed by atoms with Crippen molar-refractivity contribution in [3.63, 3.8) is 0 Å². The van der Waals surface area contributed by atoms with E-state index in [2.05, 4.69) is 9.55 Å². The summed E-state index contributed by atoms with van der Waals surface area (Å²) in [5.74, 6) is 0.696. The average Bonchev–Trinajstić information content (AvgIpc) is 3.50. The van der Waals surface area contributed by atoms with Crippen LogP contribution in [0.4, 0.5) is 11.4 Å². The van der Waals surface area contributed by atoms with Gasteiger partial charge in [0, 0.05) is 69.8 Å². The molecule has 0 spiro atoms. The molecule has 2 aromatic carbocycles. The lowest BCUT2D eigenvalue weighted by atomic mass is 10.2. The Morgan fingerprint density at radius 1 is 0.911 bits per heavy atom. The number of hydrogen-bond donors (Lipinski definition) is 5. The molecule has 0 aliphatic rings. The van der Waals surface area contributed by atoms with Crippen LogP contribution in [0.5, 0.6) is 0 Å². The standard InChI is InChI=1S/C32H44N6O7/c1-35-28-12-10-24(22-26(28)33-29(35)5-3-7-31(42)43)38(15-19-41)16-20-45-32(44)8-4-6-30-34-25-21-23(9-11-27(25)36(30)2)37(13-17-39)14-18-40/h9-12,21-22,39-41H,3-8,13-20H2,1-2H3,(H,42,43)/p+1. The number of aromatic amines is 1. The topological polar surface area (TPSA) is 168 Å². The lowest BCUT2D eigenvalue weighted by molar-refractivity contribution is -0.652. The van der Waals surface area contributed by atoms with Crippen LogP contribution >= 0.6 is 0 Å². The van der Waals surface area contributed by atoms with E-state index in [1.165, 1.54) is 0 Å². The summed E-state index contributed by atoms with van der Waals surface area (Å²) in [6.07, 6.45) is 2.71. The first-order valence-corrected chi connectivity index (χ1v) is 15.4. The highest BCUT2D eigenvalue weighted by Gasteiger charge is 2.18. The number of anilines is 2. The van der Waals surface area contributed by atoms with Crippen LogP contribution < -0.4 is 14.4 Å². The zero-order valence-electron chi connectivity index (χ0n) is 26.1. The fraction of sp³-hybridized carbons (Fsp3) is 0.500. The number of carboxylic acid groups (broad SMARTS) is 1. The van der Waals surface area contributed by atoms with Crippen LogP contribution in [0.15, 0.2) is 36.4 Å². The van der Waals surface area contributed by atoms with Gasteiger partial charge in [-0.05, 0) is 43.2 Å². The third kappa shape index (κ3) is 8.71. The van der Waals surface area contributed by atoms with Crippen LogP contribution in [-0.2, 0) is 41.3 Å². The predicted octanol–water partition coefficient (Wildman–Crippen LogP) is 1.44. The minimum Gasteiger partial charge on any atom is -0.481 e. The van der Waals surface area contributed by atoms with Gasteiger partial charge in [0.05, 0.1) is 44.4 Å². The number of nitrogens with one attached hydrogen (secondary N) is 1. The molecular weight excluding hydrogens is 580 g/mol. The molecule has 2 aromatic heterocycles. The molecule has 0 saturated carbocycles. The molecule has 2 heterocycles. The maximum Gasteiger partial charge on any atom is 0.305 e. The molecule has 0 unspecified atom stereocenters. The Labute approximate surface area is 262 Å². The highest BCUT2D eigenvalue weighted by Crippen LogP contribution is 2.24. The molecule has 13 heteroatoms. The number of aliphatic hydroxyl groups is 3. The average molecular weight is 626 g/mol. The Bertz CT molecular complexity index is 1580. The van der Waals surface area contributed by atoms with Crippen LogP contribution in [-0.4, -0.2) is 99.5 Å². The number of aliphatic hydroxyl groups excluding tert-OH is 3. The van der Waals surface area contributed by atoms with Gasteiger partial charge < -0.3 is 39.5 Å². The molecule has 4 rings (SSSR count). The van der Waals surface area contributed by atoms with Gasteiger partial charge in [-0.3, -0.25) is 9.59 Å². The minimum absolute atomic E-state index is 0.00213. The van der Waals surface area contributed by atoms with E-state index < -0.39 is 5.97 Å². The lowest BCUT2D eigenvalue weighted by Gasteiger charge is -2.23. The van der Waals surface area contributed by atoms with E-state index in [-0.39, 0.29) is 45.2 Å². The van der Waals surface area contributed by atoms with Gasteiger partial charge in [-0.25, -0.2) is 14.5 Å². The molecule has 0 aliphatic heterocycles. The summed E-state index contributed by atoms with van der Waals surface area (Å²) in [5, 5.41) is 37.3. The van der Waals surface area contributed by atoms with E-state index in [4.69, 9.17) is 14.8 Å². The number of carbonyl (C=O) groups excluding carboxylic acids is 1. The Morgan fingerprint density at radius 2 is 1.56 bits per heavy atom. The molecule has 0 bridgehead atoms. The number of fused-ring (bicyclic) bond motifs is 2. The van der Waals surface area contributed by atoms with Crippen molar-refractivity contribution in [2.24, 2.45) is 14.1 Å². The van der Waals surface area contributed by atoms with E-state index in [1.807, 2.05) is 64.9 Å². The Balaban J connectivity index is 1.29. The molecule has 0 atom stereocenters. The van der Waals surface area contributed by atoms with Crippen LogP contribution in [0.1, 0.15) is 37.3 Å². The summed E-state index contributed by atoms with van der Waals surface area (Å²) in [5.41, 5.74) is 5.45. The second-order valence-corrected chi connectivity index (χ2v) is 11.1. The van der Waals surface area contributed by atoms with Crippen molar-refractivity contribution in [2.75, 3.05) is 62.4 Å². The molecule has 0 aliphatic carbocycles. The molecule has 0 fully saturated rings. The Morgan fingerprint density at radius 3 is 2.24 bits per heavy atom. The van der Waals surface area contributed by atoms with Gasteiger partial charge in [0.15, 0.2) is 11.0 Å². The third-order valence-electron chi connectivity index (χ3n) is 8.03. The Hall–Kier alpha value is -4.20. The summed E-state index contributed by atoms with van der Waals surface area (Å²) in [4.78, 5) is 35.4. The molecule has 4 aromatic rings. The number of ether oxygens (including phenoxy) is 1. The molecule has 0 saturated heterocycles. The van der Waals surface area contributed by atoms with Crippen molar-refractivity contribution in [3.05, 3.63) is 48.0 Å². The number of carboxylic acids is 1. The Kier molecular flexibility index (Phi) is 12.1. The zero-order chi connectivity index (χ0) is 32.3. The van der Waals surface area contributed by atoms with Crippen molar-refractivity contribution in [2.45, 2.75) is 38.5 Å². The number of carbonyl (C=O) groups is 2. The van der Waals surface area contributed by atoms with E-state index in [0.717, 1.165) is 45.1 Å². The fourth-order valence-corrected chi connectivity index (χ4v) is 5.63. The van der Waals surface area contributed by atoms with Crippen molar-refractivity contribution in [1.82, 2.24) is 14.5 Å². The predicted molar refractivity (Wildman–Crippen MR) is 170 cm³/mol. The smallest absolute Gasteiger partial charge is 0.305 e. The van der Waals surface area contributed by atoms with Gasteiger partial charge in [0.2, 0.25) is 0 Å². The SMILES string of the molecule is Cn1c(CCCC(=O)O)nc2cc(N(CCO)CCOC(=O)CCCc3[nH]c4cc(N(CCO)CCO)ccc4[n+]3C)ccc21. The second-order valence-electron chi connectivity index (χ2n) is 11.1. The first-order valence-electron chi connectivity index (χ1n) is 15.4. The zero-order valence-corrected chi connectivity index (χ0v) is 26.1. The monoisotopic (exact) mass is 625 g/mol. The number of aromatic nitrogens is 4. The summed E-state index contributed by atoms with van der Waals surface area (Å²) in [6.45, 7) is 1.78. The second kappa shape index (κ2) is 16.2. The number of H-pyrrole nitrogens is 1. The van der Waals surface area contributed by atoms with Crippen molar-refractivity contribution < 1.29 is 39.3 Å². The lowest BCUT2D eigenvalue weighted by Crippen LogP contribution is -2.32. The van der Waals surface area contributed by atoms with Crippen LogP contribution in [0.2, 0.25) is 0 Å². The number of benzene rings is 2. The molecule has 45 heavy (non-hydrogen) atoms. The van der Waals surface area contributed by atoms with Gasteiger partial charge in [0.1, 0.15) is 12.4 Å². The molecule has 13 nitrogen and oxygen atoms in total. The quantitative estimate of drug-likeness (QED) is 0.0760. The maximum absolute atomic E-state index is 12.5. The highest BCUT2D eigenvalue weighted by molar-refractivity contribution is 5.80. The van der Waals surface area contributed by atoms with Crippen LogP contribution in [0, 0.1) is 0 Å².